The van der Waals surface area contributed by atoms with Gasteiger partial charge in [-0.2, -0.15) is 0 Å². The van der Waals surface area contributed by atoms with Crippen molar-refractivity contribution in [3.63, 3.8) is 0 Å². The molecule has 22 heavy (non-hydrogen) atoms. The van der Waals surface area contributed by atoms with Gasteiger partial charge in [-0.3, -0.25) is 9.78 Å². The summed E-state index contributed by atoms with van der Waals surface area (Å²) in [5.74, 6) is 0.130. The molecule has 2 atom stereocenters. The molecule has 0 aromatic carbocycles. The molecule has 3 rings (SSSR count). The van der Waals surface area contributed by atoms with Gasteiger partial charge in [-0.15, -0.1) is 0 Å². The highest BCUT2D eigenvalue weighted by atomic mass is 32.2. The van der Waals surface area contributed by atoms with Gasteiger partial charge in [0.25, 0.3) is 0 Å². The number of aromatic nitrogens is 1. The van der Waals surface area contributed by atoms with Gasteiger partial charge in [-0.1, -0.05) is 18.9 Å². The van der Waals surface area contributed by atoms with E-state index in [0.717, 1.165) is 31.2 Å². The van der Waals surface area contributed by atoms with Crippen molar-refractivity contribution in [2.45, 2.75) is 55.7 Å². The summed E-state index contributed by atoms with van der Waals surface area (Å²) in [5, 5.41) is 2.52. The summed E-state index contributed by atoms with van der Waals surface area (Å²) in [4.78, 5) is 17.1. The Labute approximate surface area is 131 Å². The number of carbonyl (C=O) groups excluding carboxylic acids is 1. The second-order valence-electron chi connectivity index (χ2n) is 6.47. The average Bonchev–Trinajstić information content (AvgIpc) is 3.10. The first kappa shape index (κ1) is 15.5. The van der Waals surface area contributed by atoms with Crippen LogP contribution in [0.1, 0.15) is 44.6 Å². The summed E-state index contributed by atoms with van der Waals surface area (Å²) >= 11 is 0. The van der Waals surface area contributed by atoms with Crippen LogP contribution in [0.2, 0.25) is 0 Å². The van der Waals surface area contributed by atoms with E-state index in [1.54, 1.807) is 19.3 Å². The zero-order valence-corrected chi connectivity index (χ0v) is 13.6. The van der Waals surface area contributed by atoms with Crippen molar-refractivity contribution >= 4 is 15.7 Å². The molecule has 1 N–H and O–H groups in total. The molecule has 2 fully saturated rings. The smallest absolute Gasteiger partial charge is 0.230 e. The Morgan fingerprint density at radius 2 is 2.09 bits per heavy atom. The second kappa shape index (κ2) is 5.65. The molecule has 1 aliphatic carbocycles. The first-order chi connectivity index (χ1) is 10.5. The predicted octanol–water partition coefficient (Wildman–Crippen LogP) is 1.59. The molecule has 120 valence electrons. The lowest BCUT2D eigenvalue weighted by Gasteiger charge is -2.30. The molecule has 0 spiro atoms. The number of nitrogens with zero attached hydrogens (tertiary/aromatic N) is 1. The van der Waals surface area contributed by atoms with Gasteiger partial charge < -0.3 is 5.32 Å². The van der Waals surface area contributed by atoms with Crippen LogP contribution in [-0.4, -0.2) is 36.4 Å². The van der Waals surface area contributed by atoms with Gasteiger partial charge in [-0.05, 0) is 37.8 Å². The van der Waals surface area contributed by atoms with Gasteiger partial charge in [0.15, 0.2) is 9.84 Å². The van der Waals surface area contributed by atoms with Crippen LogP contribution in [0.25, 0.3) is 0 Å². The Balaban J connectivity index is 1.83. The van der Waals surface area contributed by atoms with Crippen LogP contribution in [0.4, 0.5) is 0 Å². The molecule has 1 amide bonds. The van der Waals surface area contributed by atoms with Crippen molar-refractivity contribution in [2.24, 2.45) is 0 Å². The fraction of sp³-hybridized carbons (Fsp3) is 0.625. The van der Waals surface area contributed by atoms with Gasteiger partial charge >= 0.3 is 0 Å². The van der Waals surface area contributed by atoms with Crippen LogP contribution in [0.3, 0.4) is 0 Å². The van der Waals surface area contributed by atoms with Crippen LogP contribution in [-0.2, 0) is 20.0 Å². The Bertz CT molecular complexity index is 651. The van der Waals surface area contributed by atoms with E-state index in [-0.39, 0.29) is 17.7 Å². The molecule has 0 unspecified atom stereocenters. The number of sulfone groups is 1. The Kier molecular flexibility index (Phi) is 3.97. The first-order valence-electron chi connectivity index (χ1n) is 7.89. The van der Waals surface area contributed by atoms with E-state index in [1.165, 1.54) is 0 Å². The number of hydrogen-bond donors (Lipinski definition) is 1. The summed E-state index contributed by atoms with van der Waals surface area (Å²) in [7, 11) is -3.05. The highest BCUT2D eigenvalue weighted by molar-refractivity contribution is 7.92. The molecule has 6 heteroatoms. The Hall–Kier alpha value is -1.43. The van der Waals surface area contributed by atoms with Crippen molar-refractivity contribution in [2.75, 3.05) is 5.75 Å². The number of pyridine rings is 1. The van der Waals surface area contributed by atoms with Crippen LogP contribution in [0.15, 0.2) is 24.5 Å². The molecule has 1 saturated carbocycles. The van der Waals surface area contributed by atoms with Crippen molar-refractivity contribution in [3.8, 4) is 0 Å². The van der Waals surface area contributed by atoms with Gasteiger partial charge in [0.05, 0.1) is 16.4 Å². The third-order valence-corrected chi connectivity index (χ3v) is 7.54. The minimum absolute atomic E-state index is 0.0352. The molecule has 1 aromatic rings. The third-order valence-electron chi connectivity index (χ3n) is 5.27. The second-order valence-corrected chi connectivity index (χ2v) is 8.95. The van der Waals surface area contributed by atoms with Crippen molar-refractivity contribution in [1.29, 1.82) is 0 Å². The zero-order chi connectivity index (χ0) is 15.8. The quantitative estimate of drug-likeness (QED) is 0.917. The van der Waals surface area contributed by atoms with E-state index < -0.39 is 20.5 Å². The van der Waals surface area contributed by atoms with E-state index in [9.17, 15) is 13.2 Å². The Morgan fingerprint density at radius 1 is 1.36 bits per heavy atom. The van der Waals surface area contributed by atoms with Crippen LogP contribution in [0, 0.1) is 0 Å². The number of amides is 1. The predicted molar refractivity (Wildman–Crippen MR) is 84.2 cm³/mol. The average molecular weight is 322 g/mol. The summed E-state index contributed by atoms with van der Waals surface area (Å²) in [6.07, 6.45) is 7.62. The van der Waals surface area contributed by atoms with Gasteiger partial charge in [0, 0.05) is 18.4 Å². The van der Waals surface area contributed by atoms with Gasteiger partial charge in [-0.25, -0.2) is 8.42 Å². The standard InChI is InChI=1S/C16H22N2O3S/c1-12-14(6-10-22(12,20)21)18-15(19)16(7-2-3-8-16)13-5-4-9-17-11-13/h4-5,9,11-12,14H,2-3,6-8,10H2,1H3,(H,18,19)/t12-,14-/m0/s1. The van der Waals surface area contributed by atoms with Crippen molar-refractivity contribution < 1.29 is 13.2 Å². The maximum Gasteiger partial charge on any atom is 0.230 e. The summed E-state index contributed by atoms with van der Waals surface area (Å²) in [5.41, 5.74) is 0.402. The van der Waals surface area contributed by atoms with E-state index in [1.807, 2.05) is 12.1 Å². The molecule has 1 saturated heterocycles. The van der Waals surface area contributed by atoms with Crippen molar-refractivity contribution in [3.05, 3.63) is 30.1 Å². The molecule has 5 nitrogen and oxygen atoms in total. The Morgan fingerprint density at radius 3 is 2.64 bits per heavy atom. The topological polar surface area (TPSA) is 76.1 Å². The molecule has 0 radical (unpaired) electrons. The number of hydrogen-bond acceptors (Lipinski definition) is 4. The number of rotatable bonds is 3. The summed E-state index contributed by atoms with van der Waals surface area (Å²) in [6, 6.07) is 3.53. The number of carbonyl (C=O) groups is 1. The summed E-state index contributed by atoms with van der Waals surface area (Å²) < 4.78 is 23.7. The maximum absolute atomic E-state index is 12.9. The van der Waals surface area contributed by atoms with E-state index in [0.29, 0.717) is 6.42 Å². The van der Waals surface area contributed by atoms with E-state index >= 15 is 0 Å². The van der Waals surface area contributed by atoms with Crippen molar-refractivity contribution in [1.82, 2.24) is 10.3 Å². The van der Waals surface area contributed by atoms with Crippen LogP contribution in [0.5, 0.6) is 0 Å². The molecule has 1 aliphatic heterocycles. The normalized spacial score (nSPS) is 29.3. The lowest BCUT2D eigenvalue weighted by molar-refractivity contribution is -0.127. The fourth-order valence-electron chi connectivity index (χ4n) is 3.73. The highest BCUT2D eigenvalue weighted by Gasteiger charge is 2.46. The summed E-state index contributed by atoms with van der Waals surface area (Å²) in [6.45, 7) is 1.69. The third kappa shape index (κ3) is 2.53. The largest absolute Gasteiger partial charge is 0.351 e. The minimum Gasteiger partial charge on any atom is -0.351 e. The van der Waals surface area contributed by atoms with Gasteiger partial charge in [0.2, 0.25) is 5.91 Å². The zero-order valence-electron chi connectivity index (χ0n) is 12.8. The fourth-order valence-corrected chi connectivity index (χ4v) is 5.39. The molecular weight excluding hydrogens is 300 g/mol. The SMILES string of the molecule is C[C@H]1[C@@H](NC(=O)C2(c3cccnc3)CCCC2)CCS1(=O)=O. The van der Waals surface area contributed by atoms with Crippen LogP contribution < -0.4 is 5.32 Å². The molecule has 2 aliphatic rings. The molecule has 0 bridgehead atoms. The molecular formula is C16H22N2O3S. The van der Waals surface area contributed by atoms with Crippen LogP contribution >= 0.6 is 0 Å². The monoisotopic (exact) mass is 322 g/mol. The van der Waals surface area contributed by atoms with Gasteiger partial charge in [0.1, 0.15) is 0 Å². The van der Waals surface area contributed by atoms with E-state index in [4.69, 9.17) is 0 Å². The lowest BCUT2D eigenvalue weighted by Crippen LogP contribution is -2.49. The number of nitrogens with one attached hydrogen (secondary N) is 1. The minimum atomic E-state index is -3.05. The lowest BCUT2D eigenvalue weighted by atomic mass is 9.78. The maximum atomic E-state index is 12.9. The molecule has 1 aromatic heterocycles. The highest BCUT2D eigenvalue weighted by Crippen LogP contribution is 2.41. The first-order valence-corrected chi connectivity index (χ1v) is 9.60. The van der Waals surface area contributed by atoms with E-state index in [2.05, 4.69) is 10.3 Å². The molecule has 2 heterocycles.